The molecule has 1 nitrogen and oxygen atoms in total. The SMILES string of the molecule is CC(=CCCNCC(C)C)C1CCCCC1. The van der Waals surface area contributed by atoms with Crippen LogP contribution in [0.2, 0.25) is 0 Å². The monoisotopic (exact) mass is 223 g/mol. The van der Waals surface area contributed by atoms with Gasteiger partial charge in [0.2, 0.25) is 0 Å². The van der Waals surface area contributed by atoms with Crippen molar-refractivity contribution in [3.63, 3.8) is 0 Å². The van der Waals surface area contributed by atoms with E-state index in [1.54, 1.807) is 5.57 Å². The van der Waals surface area contributed by atoms with Crippen molar-refractivity contribution in [2.75, 3.05) is 13.1 Å². The fourth-order valence-electron chi connectivity index (χ4n) is 2.52. The van der Waals surface area contributed by atoms with Crippen LogP contribution >= 0.6 is 0 Å². The Morgan fingerprint density at radius 2 is 1.94 bits per heavy atom. The molecule has 0 aromatic carbocycles. The van der Waals surface area contributed by atoms with Crippen LogP contribution in [0.4, 0.5) is 0 Å². The van der Waals surface area contributed by atoms with Crippen LogP contribution in [0.5, 0.6) is 0 Å². The second-order valence-electron chi connectivity index (χ2n) is 5.67. The van der Waals surface area contributed by atoms with E-state index in [2.05, 4.69) is 32.2 Å². The van der Waals surface area contributed by atoms with E-state index < -0.39 is 0 Å². The van der Waals surface area contributed by atoms with Gasteiger partial charge in [-0.15, -0.1) is 0 Å². The zero-order valence-electron chi connectivity index (χ0n) is 11.4. The van der Waals surface area contributed by atoms with Crippen molar-refractivity contribution in [3.05, 3.63) is 11.6 Å². The van der Waals surface area contributed by atoms with E-state index in [0.717, 1.165) is 24.9 Å². The maximum atomic E-state index is 3.50. The number of hydrogen-bond donors (Lipinski definition) is 1. The van der Waals surface area contributed by atoms with Crippen LogP contribution in [-0.2, 0) is 0 Å². The summed E-state index contributed by atoms with van der Waals surface area (Å²) >= 11 is 0. The highest BCUT2D eigenvalue weighted by atomic mass is 14.8. The lowest BCUT2D eigenvalue weighted by Crippen LogP contribution is -2.20. The molecule has 0 amide bonds. The predicted molar refractivity (Wildman–Crippen MR) is 72.7 cm³/mol. The summed E-state index contributed by atoms with van der Waals surface area (Å²) in [6, 6.07) is 0. The predicted octanol–water partition coefficient (Wildman–Crippen LogP) is 4.15. The molecule has 1 aliphatic rings. The number of nitrogens with one attached hydrogen (secondary N) is 1. The van der Waals surface area contributed by atoms with E-state index in [1.165, 1.54) is 38.5 Å². The minimum absolute atomic E-state index is 0.767. The van der Waals surface area contributed by atoms with Gasteiger partial charge in [-0.2, -0.15) is 0 Å². The normalized spacial score (nSPS) is 19.4. The molecule has 0 saturated heterocycles. The summed E-state index contributed by atoms with van der Waals surface area (Å²) in [5.74, 6) is 1.67. The fraction of sp³-hybridized carbons (Fsp3) is 0.867. The van der Waals surface area contributed by atoms with Crippen molar-refractivity contribution in [2.45, 2.75) is 59.3 Å². The molecule has 16 heavy (non-hydrogen) atoms. The summed E-state index contributed by atoms with van der Waals surface area (Å²) in [6.45, 7) is 9.14. The first-order valence-corrected chi connectivity index (χ1v) is 7.07. The molecule has 1 fully saturated rings. The van der Waals surface area contributed by atoms with Gasteiger partial charge in [-0.05, 0) is 51.1 Å². The molecule has 1 N–H and O–H groups in total. The Morgan fingerprint density at radius 3 is 2.56 bits per heavy atom. The molecule has 0 bridgehead atoms. The lowest BCUT2D eigenvalue weighted by Gasteiger charge is -2.22. The van der Waals surface area contributed by atoms with Gasteiger partial charge in [-0.3, -0.25) is 0 Å². The van der Waals surface area contributed by atoms with Crippen LogP contribution in [0.15, 0.2) is 11.6 Å². The van der Waals surface area contributed by atoms with Gasteiger partial charge in [0.25, 0.3) is 0 Å². The third kappa shape index (κ3) is 5.69. The van der Waals surface area contributed by atoms with Gasteiger partial charge in [0.05, 0.1) is 0 Å². The van der Waals surface area contributed by atoms with Crippen molar-refractivity contribution in [1.29, 1.82) is 0 Å². The average molecular weight is 223 g/mol. The first kappa shape index (κ1) is 13.8. The van der Waals surface area contributed by atoms with Crippen LogP contribution in [0, 0.1) is 11.8 Å². The molecular formula is C15H29N. The van der Waals surface area contributed by atoms with E-state index in [0.29, 0.717) is 0 Å². The molecule has 0 aliphatic heterocycles. The number of hydrogen-bond acceptors (Lipinski definition) is 1. The van der Waals surface area contributed by atoms with E-state index in [1.807, 2.05) is 0 Å². The average Bonchev–Trinajstić information content (AvgIpc) is 2.29. The molecule has 0 spiro atoms. The van der Waals surface area contributed by atoms with Gasteiger partial charge in [-0.25, -0.2) is 0 Å². The smallest absolute Gasteiger partial charge is 0.00141 e. The van der Waals surface area contributed by atoms with E-state index in [9.17, 15) is 0 Å². The Bertz CT molecular complexity index is 199. The Hall–Kier alpha value is -0.300. The van der Waals surface area contributed by atoms with Crippen molar-refractivity contribution >= 4 is 0 Å². The number of rotatable bonds is 6. The molecule has 0 aromatic heterocycles. The van der Waals surface area contributed by atoms with Gasteiger partial charge in [0.15, 0.2) is 0 Å². The molecule has 0 heterocycles. The minimum atomic E-state index is 0.767. The molecule has 1 saturated carbocycles. The second-order valence-corrected chi connectivity index (χ2v) is 5.67. The van der Waals surface area contributed by atoms with E-state index in [-0.39, 0.29) is 0 Å². The summed E-state index contributed by atoms with van der Waals surface area (Å²) in [6.07, 6.45) is 10.9. The minimum Gasteiger partial charge on any atom is -0.316 e. The molecule has 0 radical (unpaired) electrons. The third-order valence-corrected chi connectivity index (χ3v) is 3.59. The quantitative estimate of drug-likeness (QED) is 0.527. The summed E-state index contributed by atoms with van der Waals surface area (Å²) in [5.41, 5.74) is 1.64. The lowest BCUT2D eigenvalue weighted by atomic mass is 9.84. The van der Waals surface area contributed by atoms with Crippen molar-refractivity contribution < 1.29 is 0 Å². The zero-order valence-corrected chi connectivity index (χ0v) is 11.4. The highest BCUT2D eigenvalue weighted by molar-refractivity contribution is 5.04. The molecular weight excluding hydrogens is 194 g/mol. The Labute approximate surface area is 102 Å². The van der Waals surface area contributed by atoms with Crippen molar-refractivity contribution in [3.8, 4) is 0 Å². The zero-order chi connectivity index (χ0) is 11.8. The van der Waals surface area contributed by atoms with Crippen LogP contribution in [0.3, 0.4) is 0 Å². The number of allylic oxidation sites excluding steroid dienone is 1. The molecule has 0 aromatic rings. The topological polar surface area (TPSA) is 12.0 Å². The molecule has 1 rings (SSSR count). The summed E-state index contributed by atoms with van der Waals surface area (Å²) in [7, 11) is 0. The van der Waals surface area contributed by atoms with E-state index in [4.69, 9.17) is 0 Å². The van der Waals surface area contributed by atoms with Crippen LogP contribution in [0.25, 0.3) is 0 Å². The summed E-state index contributed by atoms with van der Waals surface area (Å²) in [5, 5.41) is 3.50. The fourth-order valence-corrected chi connectivity index (χ4v) is 2.52. The Kier molecular flexibility index (Phi) is 6.79. The Morgan fingerprint density at radius 1 is 1.25 bits per heavy atom. The maximum Gasteiger partial charge on any atom is -0.00141 e. The lowest BCUT2D eigenvalue weighted by molar-refractivity contribution is 0.402. The van der Waals surface area contributed by atoms with Crippen molar-refractivity contribution in [1.82, 2.24) is 5.32 Å². The standard InChI is InChI=1S/C15H29N/c1-13(2)12-16-11-7-8-14(3)15-9-5-4-6-10-15/h8,13,15-16H,4-7,9-12H2,1-3H3. The Balaban J connectivity index is 2.12. The van der Waals surface area contributed by atoms with Gasteiger partial charge >= 0.3 is 0 Å². The van der Waals surface area contributed by atoms with Gasteiger partial charge in [0.1, 0.15) is 0 Å². The third-order valence-electron chi connectivity index (χ3n) is 3.59. The largest absolute Gasteiger partial charge is 0.316 e. The molecule has 94 valence electrons. The van der Waals surface area contributed by atoms with Crippen molar-refractivity contribution in [2.24, 2.45) is 11.8 Å². The molecule has 0 unspecified atom stereocenters. The van der Waals surface area contributed by atoms with Crippen LogP contribution in [-0.4, -0.2) is 13.1 Å². The molecule has 0 atom stereocenters. The summed E-state index contributed by atoms with van der Waals surface area (Å²) < 4.78 is 0. The van der Waals surface area contributed by atoms with Gasteiger partial charge in [-0.1, -0.05) is 44.8 Å². The first-order valence-electron chi connectivity index (χ1n) is 7.07. The van der Waals surface area contributed by atoms with Crippen LogP contribution < -0.4 is 5.32 Å². The maximum absolute atomic E-state index is 3.50. The van der Waals surface area contributed by atoms with Crippen LogP contribution in [0.1, 0.15) is 59.3 Å². The van der Waals surface area contributed by atoms with Gasteiger partial charge in [0, 0.05) is 0 Å². The summed E-state index contributed by atoms with van der Waals surface area (Å²) in [4.78, 5) is 0. The second kappa shape index (κ2) is 7.89. The highest BCUT2D eigenvalue weighted by Gasteiger charge is 2.14. The van der Waals surface area contributed by atoms with E-state index >= 15 is 0 Å². The van der Waals surface area contributed by atoms with Gasteiger partial charge < -0.3 is 5.32 Å². The molecule has 1 aliphatic carbocycles. The molecule has 1 heteroatoms. The first-order chi connectivity index (χ1) is 7.70. The highest BCUT2D eigenvalue weighted by Crippen LogP contribution is 2.29.